The molecule has 0 aromatic carbocycles. The fraction of sp³-hybridized carbons (Fsp3) is 0.800. The molecule has 0 saturated heterocycles. The first-order valence-electron chi connectivity index (χ1n) is 5.22. The molecule has 0 unspecified atom stereocenters. The molecule has 0 bridgehead atoms. The molecule has 0 heterocycles. The Labute approximate surface area is 101 Å². The van der Waals surface area contributed by atoms with Gasteiger partial charge >= 0.3 is 18.2 Å². The predicted octanol–water partition coefficient (Wildman–Crippen LogP) is 1.77. The Bertz CT molecular complexity index is 361. The van der Waals surface area contributed by atoms with E-state index in [0.717, 1.165) is 0 Å². The maximum Gasteiger partial charge on any atom is 0.407 e. The number of hydrogen-bond acceptors (Lipinski definition) is 3. The van der Waals surface area contributed by atoms with Crippen LogP contribution in [0.1, 0.15) is 20.8 Å². The molecule has 0 aromatic heterocycles. The molecule has 1 amide bonds. The zero-order valence-electron chi connectivity index (χ0n) is 10.0. The average molecular weight is 269 g/mol. The minimum absolute atomic E-state index is 0.856. The van der Waals surface area contributed by atoms with Gasteiger partial charge in [-0.15, -0.1) is 0 Å². The Hall–Kier alpha value is -1.47. The zero-order chi connectivity index (χ0) is 14.3. The van der Waals surface area contributed by atoms with Gasteiger partial charge in [0.2, 0.25) is 0 Å². The van der Waals surface area contributed by atoms with E-state index in [-0.39, 0.29) is 0 Å². The van der Waals surface area contributed by atoms with Gasteiger partial charge in [0.05, 0.1) is 17.9 Å². The van der Waals surface area contributed by atoms with Crippen LogP contribution in [0.3, 0.4) is 0 Å². The Kier molecular flexibility index (Phi) is 3.51. The lowest BCUT2D eigenvalue weighted by Gasteiger charge is -2.19. The van der Waals surface area contributed by atoms with Gasteiger partial charge in [-0.05, 0) is 20.8 Å². The van der Waals surface area contributed by atoms with Crippen molar-refractivity contribution in [1.29, 1.82) is 0 Å². The molecule has 1 rings (SSSR count). The highest BCUT2D eigenvalue weighted by Gasteiger charge is 2.68. The number of aliphatic carboxylic acids is 1. The van der Waals surface area contributed by atoms with E-state index in [0.29, 0.717) is 0 Å². The second kappa shape index (κ2) is 4.33. The monoisotopic (exact) mass is 269 g/mol. The van der Waals surface area contributed by atoms with Gasteiger partial charge in [0.1, 0.15) is 5.60 Å². The lowest BCUT2D eigenvalue weighted by molar-refractivity contribution is -0.160. The van der Waals surface area contributed by atoms with Crippen molar-refractivity contribution in [3.05, 3.63) is 0 Å². The Morgan fingerprint density at radius 3 is 2.00 bits per heavy atom. The van der Waals surface area contributed by atoms with Crippen LogP contribution in [0.15, 0.2) is 0 Å². The van der Waals surface area contributed by atoms with Crippen molar-refractivity contribution in [3.8, 4) is 0 Å². The number of amides is 1. The molecule has 3 atom stereocenters. The van der Waals surface area contributed by atoms with Gasteiger partial charge in [-0.3, -0.25) is 4.79 Å². The lowest BCUT2D eigenvalue weighted by Crippen LogP contribution is -2.36. The summed E-state index contributed by atoms with van der Waals surface area (Å²) in [6.07, 6.45) is -5.70. The summed E-state index contributed by atoms with van der Waals surface area (Å²) in [5.41, 5.74) is -0.856. The van der Waals surface area contributed by atoms with E-state index in [4.69, 9.17) is 9.84 Å². The molecule has 1 aliphatic rings. The fourth-order valence-electron chi connectivity index (χ4n) is 1.65. The van der Waals surface area contributed by atoms with Crippen LogP contribution in [0.5, 0.6) is 0 Å². The molecule has 8 heteroatoms. The minimum Gasteiger partial charge on any atom is -0.481 e. The number of ether oxygens (including phenoxy) is 1. The van der Waals surface area contributed by atoms with Gasteiger partial charge in [-0.1, -0.05) is 0 Å². The molecule has 1 saturated carbocycles. The van der Waals surface area contributed by atoms with Crippen LogP contribution in [-0.2, 0) is 9.53 Å². The van der Waals surface area contributed by atoms with E-state index in [1.54, 1.807) is 20.8 Å². The molecule has 2 N–H and O–H groups in total. The number of carbonyl (C=O) groups is 2. The van der Waals surface area contributed by atoms with Gasteiger partial charge in [0, 0.05) is 0 Å². The maximum atomic E-state index is 12.4. The molecule has 0 aromatic rings. The van der Waals surface area contributed by atoms with Gasteiger partial charge in [0.25, 0.3) is 0 Å². The highest BCUT2D eigenvalue weighted by Crippen LogP contribution is 2.50. The van der Waals surface area contributed by atoms with Gasteiger partial charge in [-0.25, -0.2) is 4.79 Å². The van der Waals surface area contributed by atoms with E-state index in [2.05, 4.69) is 0 Å². The molecule has 0 radical (unpaired) electrons. The van der Waals surface area contributed by atoms with E-state index in [1.165, 1.54) is 0 Å². The van der Waals surface area contributed by atoms with Crippen LogP contribution in [0.4, 0.5) is 18.0 Å². The quantitative estimate of drug-likeness (QED) is 0.801. The highest BCUT2D eigenvalue weighted by molar-refractivity contribution is 5.78. The highest BCUT2D eigenvalue weighted by atomic mass is 19.4. The van der Waals surface area contributed by atoms with Crippen LogP contribution in [0.25, 0.3) is 0 Å². The SMILES string of the molecule is CC(C)(C)OC(=O)N[C@@H]1[C@@H](C(=O)O)[C@H]1C(F)(F)F. The number of alkyl halides is 3. The molecule has 18 heavy (non-hydrogen) atoms. The van der Waals surface area contributed by atoms with Crippen molar-refractivity contribution in [2.75, 3.05) is 0 Å². The first kappa shape index (κ1) is 14.6. The Balaban J connectivity index is 2.63. The van der Waals surface area contributed by atoms with E-state index in [1.807, 2.05) is 5.32 Å². The molecule has 0 spiro atoms. The largest absolute Gasteiger partial charge is 0.481 e. The normalized spacial score (nSPS) is 27.6. The lowest BCUT2D eigenvalue weighted by atomic mass is 10.2. The summed E-state index contributed by atoms with van der Waals surface area (Å²) in [6.45, 7) is 4.65. The van der Waals surface area contributed by atoms with Crippen LogP contribution in [0, 0.1) is 11.8 Å². The molecule has 5 nitrogen and oxygen atoms in total. The Morgan fingerprint density at radius 1 is 1.22 bits per heavy atom. The third-order valence-electron chi connectivity index (χ3n) is 2.37. The summed E-state index contributed by atoms with van der Waals surface area (Å²) in [7, 11) is 0. The van der Waals surface area contributed by atoms with Gasteiger partial charge in [0.15, 0.2) is 0 Å². The third-order valence-corrected chi connectivity index (χ3v) is 2.37. The maximum absolute atomic E-state index is 12.4. The molecular weight excluding hydrogens is 255 g/mol. The van der Waals surface area contributed by atoms with Crippen LogP contribution in [0.2, 0.25) is 0 Å². The number of carbonyl (C=O) groups excluding carboxylic acids is 1. The number of halogens is 3. The van der Waals surface area contributed by atoms with E-state index < -0.39 is 41.7 Å². The zero-order valence-corrected chi connectivity index (χ0v) is 10.0. The standard InChI is InChI=1S/C10H14F3NO4/c1-9(2,3)18-8(17)14-6-4(7(15)16)5(6)10(11,12)13/h4-6H,1-3H3,(H,14,17)(H,15,16)/t4-,5+,6+/m0/s1. The van der Waals surface area contributed by atoms with Crippen molar-refractivity contribution in [2.45, 2.75) is 38.6 Å². The van der Waals surface area contributed by atoms with Crippen molar-refractivity contribution < 1.29 is 32.6 Å². The van der Waals surface area contributed by atoms with Crippen LogP contribution < -0.4 is 5.32 Å². The first-order valence-corrected chi connectivity index (χ1v) is 5.22. The smallest absolute Gasteiger partial charge is 0.407 e. The van der Waals surface area contributed by atoms with Crippen molar-refractivity contribution in [1.82, 2.24) is 5.32 Å². The summed E-state index contributed by atoms with van der Waals surface area (Å²) in [4.78, 5) is 21.9. The van der Waals surface area contributed by atoms with Crippen molar-refractivity contribution in [2.24, 2.45) is 11.8 Å². The second-order valence-corrected chi connectivity index (χ2v) is 5.10. The molecule has 104 valence electrons. The number of rotatable bonds is 2. The first-order chi connectivity index (χ1) is 7.93. The number of hydrogen-bond donors (Lipinski definition) is 2. The predicted molar refractivity (Wildman–Crippen MR) is 53.8 cm³/mol. The van der Waals surface area contributed by atoms with E-state index >= 15 is 0 Å². The molecule has 1 fully saturated rings. The number of alkyl carbamates (subject to hydrolysis) is 1. The average Bonchev–Trinajstić information content (AvgIpc) is 2.73. The summed E-state index contributed by atoms with van der Waals surface area (Å²) in [5.74, 6) is -5.28. The third kappa shape index (κ3) is 3.51. The number of nitrogens with one attached hydrogen (secondary N) is 1. The van der Waals surface area contributed by atoms with Gasteiger partial charge in [-0.2, -0.15) is 13.2 Å². The topological polar surface area (TPSA) is 75.6 Å². The summed E-state index contributed by atoms with van der Waals surface area (Å²) in [5, 5.41) is 10.5. The van der Waals surface area contributed by atoms with Crippen LogP contribution >= 0.6 is 0 Å². The summed E-state index contributed by atoms with van der Waals surface area (Å²) in [6, 6.07) is -1.46. The fourth-order valence-corrected chi connectivity index (χ4v) is 1.65. The molecule has 0 aliphatic heterocycles. The number of carboxylic acid groups (broad SMARTS) is 1. The van der Waals surface area contributed by atoms with E-state index in [9.17, 15) is 22.8 Å². The Morgan fingerprint density at radius 2 is 1.72 bits per heavy atom. The molecule has 1 aliphatic carbocycles. The van der Waals surface area contributed by atoms with Gasteiger partial charge < -0.3 is 15.2 Å². The minimum atomic E-state index is -4.65. The van der Waals surface area contributed by atoms with Crippen molar-refractivity contribution >= 4 is 12.1 Å². The van der Waals surface area contributed by atoms with Crippen LogP contribution in [-0.4, -0.2) is 35.0 Å². The molecular formula is C10H14F3NO4. The second-order valence-electron chi connectivity index (χ2n) is 5.10. The van der Waals surface area contributed by atoms with Crippen molar-refractivity contribution in [3.63, 3.8) is 0 Å². The summed E-state index contributed by atoms with van der Waals surface area (Å²) < 4.78 is 42.1. The number of carboxylic acids is 1. The summed E-state index contributed by atoms with van der Waals surface area (Å²) >= 11 is 0.